The molecule has 0 spiro atoms. The maximum Gasteiger partial charge on any atom is 0.313 e. The Morgan fingerprint density at radius 1 is 1.25 bits per heavy atom. The van der Waals surface area contributed by atoms with Gasteiger partial charge in [-0.15, -0.1) is 11.8 Å². The van der Waals surface area contributed by atoms with Gasteiger partial charge in [0.05, 0.1) is 5.75 Å². The number of carbonyl (C=O) groups excluding carboxylic acids is 1. The summed E-state index contributed by atoms with van der Waals surface area (Å²) in [6.45, 7) is 3.71. The van der Waals surface area contributed by atoms with E-state index in [0.717, 1.165) is 4.90 Å². The van der Waals surface area contributed by atoms with Gasteiger partial charge in [-0.3, -0.25) is 9.59 Å². The molecular formula is C12H14O3S. The topological polar surface area (TPSA) is 54.4 Å². The molecule has 0 bridgehead atoms. The summed E-state index contributed by atoms with van der Waals surface area (Å²) in [5.41, 5.74) is 0.676. The molecule has 0 atom stereocenters. The van der Waals surface area contributed by atoms with Crippen LogP contribution in [0.2, 0.25) is 0 Å². The molecule has 1 aromatic rings. The van der Waals surface area contributed by atoms with Crippen LogP contribution in [0.4, 0.5) is 0 Å². The lowest BCUT2D eigenvalue weighted by atomic mass is 10.0. The Kier molecular flexibility index (Phi) is 4.55. The van der Waals surface area contributed by atoms with Crippen molar-refractivity contribution in [2.24, 2.45) is 5.92 Å². The Balaban J connectivity index is 2.68. The van der Waals surface area contributed by atoms with E-state index < -0.39 is 5.97 Å². The lowest BCUT2D eigenvalue weighted by Crippen LogP contribution is -2.06. The Morgan fingerprint density at radius 2 is 1.81 bits per heavy atom. The number of carboxylic acids is 1. The number of hydrogen-bond acceptors (Lipinski definition) is 3. The Hall–Kier alpha value is -1.29. The van der Waals surface area contributed by atoms with Gasteiger partial charge >= 0.3 is 5.97 Å². The van der Waals surface area contributed by atoms with E-state index in [1.807, 2.05) is 13.8 Å². The first-order valence-electron chi connectivity index (χ1n) is 4.99. The summed E-state index contributed by atoms with van der Waals surface area (Å²) in [7, 11) is 0. The van der Waals surface area contributed by atoms with Crippen LogP contribution in [-0.4, -0.2) is 22.6 Å². The molecule has 0 aromatic heterocycles. The minimum atomic E-state index is -0.840. The first-order valence-corrected chi connectivity index (χ1v) is 5.98. The average Bonchev–Trinajstić information content (AvgIpc) is 2.26. The Morgan fingerprint density at radius 3 is 2.25 bits per heavy atom. The third kappa shape index (κ3) is 3.70. The first kappa shape index (κ1) is 12.8. The highest BCUT2D eigenvalue weighted by Crippen LogP contribution is 2.19. The highest BCUT2D eigenvalue weighted by Gasteiger charge is 2.09. The maximum atomic E-state index is 11.6. The third-order valence-electron chi connectivity index (χ3n) is 2.03. The quantitative estimate of drug-likeness (QED) is 0.633. The fraction of sp³-hybridized carbons (Fsp3) is 0.333. The molecule has 0 saturated carbocycles. The summed E-state index contributed by atoms with van der Waals surface area (Å²) in [6.07, 6.45) is 0. The van der Waals surface area contributed by atoms with E-state index in [9.17, 15) is 9.59 Å². The van der Waals surface area contributed by atoms with Crippen molar-refractivity contribution in [3.05, 3.63) is 29.8 Å². The summed E-state index contributed by atoms with van der Waals surface area (Å²) in [5, 5.41) is 8.52. The van der Waals surface area contributed by atoms with Gasteiger partial charge in [0.1, 0.15) is 0 Å². The molecule has 1 N–H and O–H groups in total. The number of rotatable bonds is 5. The van der Waals surface area contributed by atoms with Gasteiger partial charge in [-0.25, -0.2) is 0 Å². The second-order valence-electron chi connectivity index (χ2n) is 3.73. The minimum Gasteiger partial charge on any atom is -0.481 e. The fourth-order valence-electron chi connectivity index (χ4n) is 1.19. The van der Waals surface area contributed by atoms with E-state index in [-0.39, 0.29) is 17.5 Å². The van der Waals surface area contributed by atoms with Crippen molar-refractivity contribution in [3.8, 4) is 0 Å². The standard InChI is InChI=1S/C12H14O3S/c1-8(2)12(15)9-3-5-10(6-4-9)16-7-11(13)14/h3-6,8H,7H2,1-2H3,(H,13,14). The van der Waals surface area contributed by atoms with Crippen LogP contribution in [-0.2, 0) is 4.79 Å². The molecule has 3 nitrogen and oxygen atoms in total. The first-order chi connectivity index (χ1) is 7.50. The number of carboxylic acid groups (broad SMARTS) is 1. The highest BCUT2D eigenvalue weighted by atomic mass is 32.2. The van der Waals surface area contributed by atoms with E-state index in [2.05, 4.69) is 0 Å². The van der Waals surface area contributed by atoms with Crippen molar-refractivity contribution < 1.29 is 14.7 Å². The molecule has 0 fully saturated rings. The summed E-state index contributed by atoms with van der Waals surface area (Å²) in [4.78, 5) is 22.8. The van der Waals surface area contributed by atoms with Crippen molar-refractivity contribution >= 4 is 23.5 Å². The molecule has 16 heavy (non-hydrogen) atoms. The molecule has 0 aliphatic rings. The van der Waals surface area contributed by atoms with Gasteiger partial charge < -0.3 is 5.11 Å². The number of Topliss-reactive ketones (excluding diaryl/α,β-unsaturated/α-hetero) is 1. The average molecular weight is 238 g/mol. The number of aliphatic carboxylic acids is 1. The number of ketones is 1. The number of benzene rings is 1. The van der Waals surface area contributed by atoms with Gasteiger partial charge in [0.25, 0.3) is 0 Å². The lowest BCUT2D eigenvalue weighted by Gasteiger charge is -2.04. The van der Waals surface area contributed by atoms with Crippen LogP contribution < -0.4 is 0 Å². The zero-order valence-corrected chi connectivity index (χ0v) is 10.1. The van der Waals surface area contributed by atoms with E-state index in [1.165, 1.54) is 11.8 Å². The van der Waals surface area contributed by atoms with E-state index in [0.29, 0.717) is 5.56 Å². The normalized spacial score (nSPS) is 10.4. The fourth-order valence-corrected chi connectivity index (χ4v) is 1.81. The summed E-state index contributed by atoms with van der Waals surface area (Å²) in [6, 6.07) is 7.05. The Bertz CT molecular complexity index is 382. The minimum absolute atomic E-state index is 0.0162. The SMILES string of the molecule is CC(C)C(=O)c1ccc(SCC(=O)O)cc1. The predicted octanol–water partition coefficient (Wildman–Crippen LogP) is 2.70. The third-order valence-corrected chi connectivity index (χ3v) is 3.02. The van der Waals surface area contributed by atoms with Crippen LogP contribution in [0.5, 0.6) is 0 Å². The predicted molar refractivity (Wildman–Crippen MR) is 64.0 cm³/mol. The van der Waals surface area contributed by atoms with Crippen molar-refractivity contribution in [2.45, 2.75) is 18.7 Å². The lowest BCUT2D eigenvalue weighted by molar-refractivity contribution is -0.133. The molecule has 0 radical (unpaired) electrons. The van der Waals surface area contributed by atoms with Crippen LogP contribution in [0.25, 0.3) is 0 Å². The van der Waals surface area contributed by atoms with Crippen LogP contribution in [0.1, 0.15) is 24.2 Å². The van der Waals surface area contributed by atoms with E-state index >= 15 is 0 Å². The number of hydrogen-bond donors (Lipinski definition) is 1. The second kappa shape index (κ2) is 5.70. The zero-order chi connectivity index (χ0) is 12.1. The molecule has 4 heteroatoms. The van der Waals surface area contributed by atoms with Crippen LogP contribution in [0.15, 0.2) is 29.2 Å². The summed E-state index contributed by atoms with van der Waals surface area (Å²) >= 11 is 1.25. The zero-order valence-electron chi connectivity index (χ0n) is 9.27. The molecule has 1 aromatic carbocycles. The molecule has 0 amide bonds. The monoisotopic (exact) mass is 238 g/mol. The molecular weight excluding hydrogens is 224 g/mol. The highest BCUT2D eigenvalue weighted by molar-refractivity contribution is 8.00. The van der Waals surface area contributed by atoms with E-state index in [1.54, 1.807) is 24.3 Å². The van der Waals surface area contributed by atoms with Gasteiger partial charge in [0, 0.05) is 16.4 Å². The maximum absolute atomic E-state index is 11.6. The second-order valence-corrected chi connectivity index (χ2v) is 4.77. The van der Waals surface area contributed by atoms with Crippen molar-refractivity contribution in [2.75, 3.05) is 5.75 Å². The van der Waals surface area contributed by atoms with Gasteiger partial charge in [-0.1, -0.05) is 26.0 Å². The molecule has 0 heterocycles. The summed E-state index contributed by atoms with van der Waals surface area (Å²) in [5.74, 6) is -0.711. The van der Waals surface area contributed by atoms with Gasteiger partial charge in [0.15, 0.2) is 5.78 Å². The molecule has 0 aliphatic heterocycles. The summed E-state index contributed by atoms with van der Waals surface area (Å²) < 4.78 is 0. The van der Waals surface area contributed by atoms with Crippen LogP contribution in [0, 0.1) is 5.92 Å². The molecule has 0 aliphatic carbocycles. The van der Waals surface area contributed by atoms with Crippen LogP contribution >= 0.6 is 11.8 Å². The molecule has 0 unspecified atom stereocenters. The molecule has 0 saturated heterocycles. The number of carbonyl (C=O) groups is 2. The molecule has 1 rings (SSSR count). The molecule has 86 valence electrons. The smallest absolute Gasteiger partial charge is 0.313 e. The van der Waals surface area contributed by atoms with Crippen molar-refractivity contribution in [3.63, 3.8) is 0 Å². The van der Waals surface area contributed by atoms with Gasteiger partial charge in [0.2, 0.25) is 0 Å². The van der Waals surface area contributed by atoms with E-state index in [4.69, 9.17) is 5.11 Å². The Labute approximate surface area is 98.9 Å². The van der Waals surface area contributed by atoms with Crippen LogP contribution in [0.3, 0.4) is 0 Å². The van der Waals surface area contributed by atoms with Gasteiger partial charge in [-0.05, 0) is 12.1 Å². The van der Waals surface area contributed by atoms with Gasteiger partial charge in [-0.2, -0.15) is 0 Å². The largest absolute Gasteiger partial charge is 0.481 e. The van der Waals surface area contributed by atoms with Crippen molar-refractivity contribution in [1.29, 1.82) is 0 Å². The van der Waals surface area contributed by atoms with Crippen molar-refractivity contribution in [1.82, 2.24) is 0 Å². The number of thioether (sulfide) groups is 1.